The van der Waals surface area contributed by atoms with Gasteiger partial charge in [-0.05, 0) is 56.7 Å². The molecule has 0 bridgehead atoms. The summed E-state index contributed by atoms with van der Waals surface area (Å²) in [6.45, 7) is 0.0764. The summed E-state index contributed by atoms with van der Waals surface area (Å²) in [6.07, 6.45) is -1.22. The van der Waals surface area contributed by atoms with E-state index in [1.165, 1.54) is 0 Å². The maximum atomic E-state index is 12.9. The highest BCUT2D eigenvalue weighted by Gasteiger charge is 2.30. The molecule has 1 aliphatic rings. The summed E-state index contributed by atoms with van der Waals surface area (Å²) >= 11 is 9.38. The summed E-state index contributed by atoms with van der Waals surface area (Å²) in [5.74, 6) is -1.80. The van der Waals surface area contributed by atoms with Gasteiger partial charge < -0.3 is 20.5 Å². The highest BCUT2D eigenvalue weighted by atomic mass is 79.9. The first-order chi connectivity index (χ1) is 16.8. The second-order valence-corrected chi connectivity index (χ2v) is 9.25. The van der Waals surface area contributed by atoms with E-state index >= 15 is 0 Å². The molecule has 180 valence electrons. The van der Waals surface area contributed by atoms with Crippen molar-refractivity contribution in [2.45, 2.75) is 24.8 Å². The zero-order valence-electron chi connectivity index (χ0n) is 18.5. The molecule has 1 unspecified atom stereocenters. The number of halogens is 2. The van der Waals surface area contributed by atoms with E-state index in [4.69, 9.17) is 21.4 Å². The van der Waals surface area contributed by atoms with Crippen LogP contribution in [0.5, 0.6) is 0 Å². The van der Waals surface area contributed by atoms with Gasteiger partial charge in [0.1, 0.15) is 12.6 Å². The van der Waals surface area contributed by atoms with Crippen molar-refractivity contribution < 1.29 is 24.2 Å². The monoisotopic (exact) mass is 556 g/mol. The molecular formula is C26H22BrClN2O5. The molecule has 35 heavy (non-hydrogen) atoms. The van der Waals surface area contributed by atoms with Gasteiger partial charge in [-0.2, -0.15) is 0 Å². The average molecular weight is 558 g/mol. The summed E-state index contributed by atoms with van der Waals surface area (Å²) in [4.78, 5) is 36.6. The Bertz CT molecular complexity index is 1240. The predicted octanol–water partition coefficient (Wildman–Crippen LogP) is 5.81. The van der Waals surface area contributed by atoms with Crippen LogP contribution in [-0.4, -0.2) is 35.7 Å². The average Bonchev–Trinajstić information content (AvgIpc) is 3.17. The molecule has 0 heterocycles. The van der Waals surface area contributed by atoms with Gasteiger partial charge in [0.15, 0.2) is 0 Å². The lowest BCUT2D eigenvalue weighted by atomic mass is 9.98. The van der Waals surface area contributed by atoms with Crippen LogP contribution < -0.4 is 10.6 Å². The number of carboxylic acids is 1. The number of carbonyl (C=O) groups is 3. The number of amides is 2. The number of hydrogen-bond acceptors (Lipinski definition) is 4. The van der Waals surface area contributed by atoms with E-state index in [0.717, 1.165) is 22.3 Å². The van der Waals surface area contributed by atoms with Crippen LogP contribution in [0, 0.1) is 0 Å². The summed E-state index contributed by atoms with van der Waals surface area (Å²) < 4.78 is 5.99. The molecule has 7 nitrogen and oxygen atoms in total. The highest BCUT2D eigenvalue weighted by Crippen LogP contribution is 2.44. The number of nitrogens with one attached hydrogen (secondary N) is 2. The number of aliphatic carboxylic acids is 1. The lowest BCUT2D eigenvalue weighted by Gasteiger charge is -2.20. The standard InChI is InChI=1S/C26H22BrClN2O5/c27-24-20(28)10-5-11-21(24)29-25(33)22(12-13-23(31)32)30-26(34)35-14-19-17-8-3-1-6-15(17)16-7-2-4-9-18(16)19/h1-11,19,22H,12-14H2,(H,29,33)(H,30,34)(H,31,32). The van der Waals surface area contributed by atoms with Gasteiger partial charge in [-0.25, -0.2) is 4.79 Å². The summed E-state index contributed by atoms with van der Waals surface area (Å²) in [5, 5.41) is 14.7. The van der Waals surface area contributed by atoms with E-state index in [1.54, 1.807) is 18.2 Å². The molecule has 4 rings (SSSR count). The minimum absolute atomic E-state index is 0.0764. The molecule has 3 N–H and O–H groups in total. The van der Waals surface area contributed by atoms with Crippen LogP contribution in [-0.2, 0) is 14.3 Å². The Morgan fingerprint density at radius 2 is 1.60 bits per heavy atom. The molecule has 0 spiro atoms. The third-order valence-electron chi connectivity index (χ3n) is 5.81. The normalized spacial score (nSPS) is 12.9. The lowest BCUT2D eigenvalue weighted by Crippen LogP contribution is -2.44. The van der Waals surface area contributed by atoms with Crippen molar-refractivity contribution in [3.63, 3.8) is 0 Å². The van der Waals surface area contributed by atoms with Crippen molar-refractivity contribution in [3.05, 3.63) is 87.4 Å². The van der Waals surface area contributed by atoms with Gasteiger partial charge in [-0.3, -0.25) is 9.59 Å². The first-order valence-corrected chi connectivity index (χ1v) is 12.1. The van der Waals surface area contributed by atoms with Crippen LogP contribution >= 0.6 is 27.5 Å². The van der Waals surface area contributed by atoms with Crippen LogP contribution in [0.1, 0.15) is 29.9 Å². The fourth-order valence-corrected chi connectivity index (χ4v) is 4.68. The van der Waals surface area contributed by atoms with Gasteiger partial charge in [-0.15, -0.1) is 0 Å². The van der Waals surface area contributed by atoms with Crippen molar-refractivity contribution in [2.75, 3.05) is 11.9 Å². The van der Waals surface area contributed by atoms with Crippen LogP contribution in [0.25, 0.3) is 11.1 Å². The molecule has 0 radical (unpaired) electrons. The number of carbonyl (C=O) groups excluding carboxylic acids is 2. The number of hydrogen-bond donors (Lipinski definition) is 3. The highest BCUT2D eigenvalue weighted by molar-refractivity contribution is 9.10. The van der Waals surface area contributed by atoms with Crippen molar-refractivity contribution in [2.24, 2.45) is 0 Å². The third-order valence-corrected chi connectivity index (χ3v) is 7.21. The van der Waals surface area contributed by atoms with E-state index in [9.17, 15) is 14.4 Å². The number of ether oxygens (including phenoxy) is 1. The van der Waals surface area contributed by atoms with Crippen molar-refractivity contribution >= 4 is 51.2 Å². The molecule has 0 fully saturated rings. The molecule has 3 aromatic carbocycles. The Morgan fingerprint density at radius 1 is 0.971 bits per heavy atom. The van der Waals surface area contributed by atoms with Crippen LogP contribution in [0.2, 0.25) is 5.02 Å². The Morgan fingerprint density at radius 3 is 2.23 bits per heavy atom. The zero-order chi connectivity index (χ0) is 24.9. The molecule has 9 heteroatoms. The van der Waals surface area contributed by atoms with Gasteiger partial charge in [0, 0.05) is 12.3 Å². The largest absolute Gasteiger partial charge is 0.481 e. The Hall–Kier alpha value is -3.36. The van der Waals surface area contributed by atoms with Crippen LogP contribution in [0.3, 0.4) is 0 Å². The zero-order valence-corrected chi connectivity index (χ0v) is 20.8. The van der Waals surface area contributed by atoms with Crippen molar-refractivity contribution in [3.8, 4) is 11.1 Å². The number of anilines is 1. The van der Waals surface area contributed by atoms with Crippen molar-refractivity contribution in [1.82, 2.24) is 5.32 Å². The Labute approximate surface area is 215 Å². The van der Waals surface area contributed by atoms with Crippen molar-refractivity contribution in [1.29, 1.82) is 0 Å². The summed E-state index contributed by atoms with van der Waals surface area (Å²) in [6, 6.07) is 19.7. The molecule has 1 aliphatic carbocycles. The van der Waals surface area contributed by atoms with Gasteiger partial charge in [0.05, 0.1) is 15.2 Å². The fourth-order valence-electron chi connectivity index (χ4n) is 4.14. The summed E-state index contributed by atoms with van der Waals surface area (Å²) in [7, 11) is 0. The third kappa shape index (κ3) is 5.66. The van der Waals surface area contributed by atoms with Gasteiger partial charge in [-0.1, -0.05) is 66.2 Å². The maximum Gasteiger partial charge on any atom is 0.407 e. The second kappa shape index (κ2) is 10.9. The Kier molecular flexibility index (Phi) is 7.73. The molecule has 1 atom stereocenters. The quantitative estimate of drug-likeness (QED) is 0.324. The van der Waals surface area contributed by atoms with E-state index in [2.05, 4.69) is 26.6 Å². The minimum atomic E-state index is -1.12. The SMILES string of the molecule is O=C(O)CCC(NC(=O)OCC1c2ccccc2-c2ccccc21)C(=O)Nc1cccc(Cl)c1Br. The fraction of sp³-hybridized carbons (Fsp3) is 0.192. The number of carboxylic acid groups (broad SMARTS) is 1. The minimum Gasteiger partial charge on any atom is -0.481 e. The van der Waals surface area contributed by atoms with E-state index in [0.29, 0.717) is 15.2 Å². The first kappa shape index (κ1) is 24.8. The number of fused-ring (bicyclic) bond motifs is 3. The van der Waals surface area contributed by atoms with E-state index < -0.39 is 24.0 Å². The molecule has 0 aromatic heterocycles. The number of rotatable bonds is 8. The molecule has 0 aliphatic heterocycles. The molecule has 0 saturated heterocycles. The van der Waals surface area contributed by atoms with Gasteiger partial charge in [0.2, 0.25) is 5.91 Å². The van der Waals surface area contributed by atoms with E-state index in [-0.39, 0.29) is 25.4 Å². The first-order valence-electron chi connectivity index (χ1n) is 10.9. The second-order valence-electron chi connectivity index (χ2n) is 8.05. The van der Waals surface area contributed by atoms with E-state index in [1.807, 2.05) is 48.5 Å². The maximum absolute atomic E-state index is 12.9. The molecular weight excluding hydrogens is 536 g/mol. The smallest absolute Gasteiger partial charge is 0.407 e. The Balaban J connectivity index is 1.44. The summed E-state index contributed by atoms with van der Waals surface area (Å²) in [5.41, 5.74) is 4.72. The predicted molar refractivity (Wildman–Crippen MR) is 137 cm³/mol. The lowest BCUT2D eigenvalue weighted by molar-refractivity contribution is -0.137. The topological polar surface area (TPSA) is 105 Å². The van der Waals surface area contributed by atoms with Crippen LogP contribution in [0.15, 0.2) is 71.2 Å². The molecule has 0 saturated carbocycles. The number of benzene rings is 3. The molecule has 3 aromatic rings. The number of alkyl carbamates (subject to hydrolysis) is 1. The van der Waals surface area contributed by atoms with Gasteiger partial charge >= 0.3 is 12.1 Å². The van der Waals surface area contributed by atoms with Gasteiger partial charge in [0.25, 0.3) is 0 Å². The van der Waals surface area contributed by atoms with Crippen LogP contribution in [0.4, 0.5) is 10.5 Å². The molecule has 2 amide bonds.